The van der Waals surface area contributed by atoms with Crippen molar-refractivity contribution in [3.05, 3.63) is 35.8 Å². The molecule has 0 spiro atoms. The Hall–Kier alpha value is -2.98. The SMILES string of the molecule is COCCOc1cc(Nc2nc(N[C@@H](CN)CC(C)C)c(F)cc2C(N)=O)ccn1. The second-order valence-electron chi connectivity index (χ2n) is 7.13. The number of hydrogen-bond acceptors (Lipinski definition) is 8. The molecule has 0 saturated heterocycles. The van der Waals surface area contributed by atoms with Crippen molar-refractivity contribution in [2.75, 3.05) is 37.5 Å². The summed E-state index contributed by atoms with van der Waals surface area (Å²) in [5.74, 6) is -0.665. The number of methoxy groups -OCH3 is 1. The third-order valence-electron chi connectivity index (χ3n) is 4.16. The summed E-state index contributed by atoms with van der Waals surface area (Å²) in [6.45, 7) is 5.16. The smallest absolute Gasteiger partial charge is 0.252 e. The van der Waals surface area contributed by atoms with Crippen molar-refractivity contribution in [3.8, 4) is 5.88 Å². The maximum absolute atomic E-state index is 14.6. The largest absolute Gasteiger partial charge is 0.475 e. The number of aromatic nitrogens is 2. The molecule has 1 amide bonds. The van der Waals surface area contributed by atoms with Gasteiger partial charge in [0.2, 0.25) is 5.88 Å². The lowest BCUT2D eigenvalue weighted by Gasteiger charge is -2.21. The van der Waals surface area contributed by atoms with Crippen molar-refractivity contribution in [3.63, 3.8) is 0 Å². The van der Waals surface area contributed by atoms with E-state index in [1.807, 2.05) is 13.8 Å². The third-order valence-corrected chi connectivity index (χ3v) is 4.16. The van der Waals surface area contributed by atoms with Crippen LogP contribution in [0.4, 0.5) is 21.7 Å². The summed E-state index contributed by atoms with van der Waals surface area (Å²) < 4.78 is 25.0. The molecule has 1 atom stereocenters. The van der Waals surface area contributed by atoms with Gasteiger partial charge in [0.05, 0.1) is 12.2 Å². The maximum atomic E-state index is 14.6. The van der Waals surface area contributed by atoms with Crippen LogP contribution in [0.25, 0.3) is 0 Å². The molecule has 9 nitrogen and oxygen atoms in total. The normalized spacial score (nSPS) is 11.9. The van der Waals surface area contributed by atoms with Crippen LogP contribution in [0.2, 0.25) is 0 Å². The van der Waals surface area contributed by atoms with Crippen LogP contribution < -0.4 is 26.8 Å². The molecule has 0 unspecified atom stereocenters. The van der Waals surface area contributed by atoms with Gasteiger partial charge in [0, 0.05) is 37.6 Å². The molecule has 2 aromatic rings. The molecule has 10 heteroatoms. The summed E-state index contributed by atoms with van der Waals surface area (Å²) in [4.78, 5) is 20.2. The summed E-state index contributed by atoms with van der Waals surface area (Å²) in [5, 5.41) is 6.00. The number of pyridine rings is 2. The Balaban J connectivity index is 2.29. The van der Waals surface area contributed by atoms with Gasteiger partial charge in [-0.2, -0.15) is 0 Å². The first-order chi connectivity index (χ1) is 14.3. The summed E-state index contributed by atoms with van der Waals surface area (Å²) in [5.41, 5.74) is 11.7. The molecule has 6 N–H and O–H groups in total. The summed E-state index contributed by atoms with van der Waals surface area (Å²) in [7, 11) is 1.57. The van der Waals surface area contributed by atoms with E-state index in [1.54, 1.807) is 19.2 Å². The monoisotopic (exact) mass is 420 g/mol. The predicted octanol–water partition coefficient (Wildman–Crippen LogP) is 2.27. The highest BCUT2D eigenvalue weighted by Crippen LogP contribution is 2.25. The first-order valence-corrected chi connectivity index (χ1v) is 9.65. The molecule has 30 heavy (non-hydrogen) atoms. The first-order valence-electron chi connectivity index (χ1n) is 9.65. The zero-order valence-corrected chi connectivity index (χ0v) is 17.4. The molecule has 2 aromatic heterocycles. The number of nitrogens with zero attached hydrogens (tertiary/aromatic N) is 2. The molecule has 0 saturated carbocycles. The lowest BCUT2D eigenvalue weighted by Crippen LogP contribution is -2.31. The van der Waals surface area contributed by atoms with Crippen LogP contribution in [-0.4, -0.2) is 48.8 Å². The van der Waals surface area contributed by atoms with Gasteiger partial charge in [-0.05, 0) is 24.5 Å². The van der Waals surface area contributed by atoms with Crippen molar-refractivity contribution < 1.29 is 18.7 Å². The van der Waals surface area contributed by atoms with E-state index >= 15 is 0 Å². The zero-order chi connectivity index (χ0) is 22.1. The molecule has 0 aromatic carbocycles. The highest BCUT2D eigenvalue weighted by Gasteiger charge is 2.19. The van der Waals surface area contributed by atoms with E-state index in [9.17, 15) is 9.18 Å². The van der Waals surface area contributed by atoms with Gasteiger partial charge in [-0.1, -0.05) is 13.8 Å². The predicted molar refractivity (Wildman–Crippen MR) is 114 cm³/mol. The fraction of sp³-hybridized carbons (Fsp3) is 0.450. The van der Waals surface area contributed by atoms with Crippen molar-refractivity contribution in [2.45, 2.75) is 26.3 Å². The number of anilines is 3. The molecular weight excluding hydrogens is 391 g/mol. The number of nitrogens with one attached hydrogen (secondary N) is 2. The van der Waals surface area contributed by atoms with E-state index in [0.717, 1.165) is 12.5 Å². The van der Waals surface area contributed by atoms with Crippen LogP contribution in [0, 0.1) is 11.7 Å². The molecule has 0 aliphatic carbocycles. The minimum absolute atomic E-state index is 0.00998. The Morgan fingerprint density at radius 2 is 2.03 bits per heavy atom. The standard InChI is InChI=1S/C20H29FN6O3/c1-12(2)8-14(11-22)26-20-16(21)10-15(18(23)28)19(27-20)25-13-4-5-24-17(9-13)30-7-6-29-3/h4-5,9-10,12,14H,6-8,11,22H2,1-3H3,(H2,23,28)(H2,24,25,26,27)/t14-/m1/s1. The minimum Gasteiger partial charge on any atom is -0.475 e. The molecule has 164 valence electrons. The zero-order valence-electron chi connectivity index (χ0n) is 17.4. The number of nitrogens with two attached hydrogens (primary N) is 2. The average molecular weight is 420 g/mol. The fourth-order valence-corrected chi connectivity index (χ4v) is 2.78. The second-order valence-corrected chi connectivity index (χ2v) is 7.13. The van der Waals surface area contributed by atoms with Gasteiger partial charge in [0.15, 0.2) is 11.6 Å². The summed E-state index contributed by atoms with van der Waals surface area (Å²) in [6.07, 6.45) is 2.27. The Morgan fingerprint density at radius 3 is 2.67 bits per heavy atom. The van der Waals surface area contributed by atoms with Crippen molar-refractivity contribution >= 4 is 23.2 Å². The van der Waals surface area contributed by atoms with Gasteiger partial charge in [-0.3, -0.25) is 4.79 Å². The molecule has 0 fully saturated rings. The third kappa shape index (κ3) is 6.82. The highest BCUT2D eigenvalue weighted by atomic mass is 19.1. The number of ether oxygens (including phenoxy) is 2. The lowest BCUT2D eigenvalue weighted by atomic mass is 10.0. The van der Waals surface area contributed by atoms with Crippen molar-refractivity contribution in [2.24, 2.45) is 17.4 Å². The van der Waals surface area contributed by atoms with Crippen molar-refractivity contribution in [1.82, 2.24) is 9.97 Å². The lowest BCUT2D eigenvalue weighted by molar-refractivity contribution is 0.100. The molecule has 0 aliphatic heterocycles. The minimum atomic E-state index is -0.807. The van der Waals surface area contributed by atoms with E-state index in [0.29, 0.717) is 37.2 Å². The Morgan fingerprint density at radius 1 is 1.27 bits per heavy atom. The van der Waals surface area contributed by atoms with Gasteiger partial charge in [-0.25, -0.2) is 14.4 Å². The van der Waals surface area contributed by atoms with Crippen LogP contribution in [0.3, 0.4) is 0 Å². The average Bonchev–Trinajstić information content (AvgIpc) is 2.69. The highest BCUT2D eigenvalue weighted by molar-refractivity contribution is 5.98. The van der Waals surface area contributed by atoms with E-state index in [-0.39, 0.29) is 23.2 Å². The van der Waals surface area contributed by atoms with Crippen LogP contribution >= 0.6 is 0 Å². The number of primary amides is 1. The quantitative estimate of drug-likeness (QED) is 0.384. The Labute approximate surface area is 175 Å². The Kier molecular flexibility index (Phi) is 8.75. The maximum Gasteiger partial charge on any atom is 0.252 e. The van der Waals surface area contributed by atoms with E-state index in [4.69, 9.17) is 20.9 Å². The van der Waals surface area contributed by atoms with Crippen LogP contribution in [0.15, 0.2) is 24.4 Å². The van der Waals surface area contributed by atoms with E-state index in [2.05, 4.69) is 20.6 Å². The van der Waals surface area contributed by atoms with Crippen molar-refractivity contribution in [1.29, 1.82) is 0 Å². The van der Waals surface area contributed by atoms with Gasteiger partial charge < -0.3 is 31.6 Å². The first kappa shape index (κ1) is 23.3. The van der Waals surface area contributed by atoms with Gasteiger partial charge >= 0.3 is 0 Å². The van der Waals surface area contributed by atoms with Crippen LogP contribution in [0.1, 0.15) is 30.6 Å². The number of rotatable bonds is 12. The molecule has 0 bridgehead atoms. The van der Waals surface area contributed by atoms with Crippen LogP contribution in [0.5, 0.6) is 5.88 Å². The number of amides is 1. The summed E-state index contributed by atoms with van der Waals surface area (Å²) >= 11 is 0. The van der Waals surface area contributed by atoms with Gasteiger partial charge in [0.25, 0.3) is 5.91 Å². The van der Waals surface area contributed by atoms with Gasteiger partial charge in [-0.15, -0.1) is 0 Å². The topological polar surface area (TPSA) is 137 Å². The molecule has 2 heterocycles. The van der Waals surface area contributed by atoms with Crippen LogP contribution in [-0.2, 0) is 4.74 Å². The molecule has 0 radical (unpaired) electrons. The molecule has 0 aliphatic rings. The van der Waals surface area contributed by atoms with Gasteiger partial charge in [0.1, 0.15) is 12.4 Å². The fourth-order valence-electron chi connectivity index (χ4n) is 2.78. The number of carbonyl (C=O) groups is 1. The molecule has 2 rings (SSSR count). The van der Waals surface area contributed by atoms with E-state index < -0.39 is 11.7 Å². The number of carbonyl (C=O) groups excluding carboxylic acids is 1. The second kappa shape index (κ2) is 11.3. The molecular formula is C20H29FN6O3. The number of halogens is 1. The summed E-state index contributed by atoms with van der Waals surface area (Å²) in [6, 6.07) is 4.18. The van der Waals surface area contributed by atoms with E-state index in [1.165, 1.54) is 6.20 Å². The number of hydrogen-bond donors (Lipinski definition) is 4. The Bertz CT molecular complexity index is 849.